The van der Waals surface area contributed by atoms with Crippen LogP contribution < -0.4 is 24.2 Å². The van der Waals surface area contributed by atoms with Crippen LogP contribution in [0.2, 0.25) is 10.0 Å². The molecular formula is C24H24Cl2F2N3O7S+. The van der Waals surface area contributed by atoms with Crippen LogP contribution in [0.3, 0.4) is 0 Å². The minimum absolute atomic E-state index is 0.0249. The lowest BCUT2D eigenvalue weighted by molar-refractivity contribution is -0.904. The van der Waals surface area contributed by atoms with Gasteiger partial charge >= 0.3 is 12.7 Å². The number of methoxy groups -OCH3 is 1. The second-order valence-electron chi connectivity index (χ2n) is 8.12. The summed E-state index contributed by atoms with van der Waals surface area (Å²) in [6.45, 7) is -3.03. The highest BCUT2D eigenvalue weighted by atomic mass is 35.5. The highest BCUT2D eigenvalue weighted by Gasteiger charge is 2.25. The zero-order chi connectivity index (χ0) is 28.7. The number of amides is 1. The Hall–Kier alpha value is -3.55. The molecule has 0 saturated carbocycles. The standard InChI is InChI=1S/C24H23Cl2F2N3O7S/c1-36-22-9-15(5-8-20(22)37-23(27)28)21(10-17-18(25)12-31(33)13-19(17)26)38-24(32)29-11-14-3-6-16(7-4-14)30-39(2,34)35/h3-9,12-13,21,23,30H,10-11H2,1-2H3,(H-,29,32,33)/p+1/t21-/m0/s1. The van der Waals surface area contributed by atoms with Gasteiger partial charge in [0.2, 0.25) is 22.4 Å². The predicted molar refractivity (Wildman–Crippen MR) is 138 cm³/mol. The topological polar surface area (TPSA) is 127 Å². The SMILES string of the molecule is COc1cc([C@H](Cc2c(Cl)c[n+](O)cc2Cl)OC(=O)NCc2ccc(NS(C)(=O)=O)cc2)ccc1OC(F)F. The van der Waals surface area contributed by atoms with E-state index in [9.17, 15) is 27.2 Å². The van der Waals surface area contributed by atoms with Gasteiger partial charge in [-0.15, -0.1) is 0 Å². The number of anilines is 1. The molecule has 3 aromatic rings. The number of aromatic nitrogens is 1. The number of hydrogen-bond donors (Lipinski definition) is 3. The van der Waals surface area contributed by atoms with Gasteiger partial charge in [-0.3, -0.25) is 9.93 Å². The average molecular weight is 607 g/mol. The second-order valence-corrected chi connectivity index (χ2v) is 10.7. The fourth-order valence-electron chi connectivity index (χ4n) is 3.48. The Kier molecular flexibility index (Phi) is 10.0. The van der Waals surface area contributed by atoms with E-state index >= 15 is 0 Å². The van der Waals surface area contributed by atoms with Crippen LogP contribution in [0.5, 0.6) is 11.5 Å². The number of ether oxygens (including phenoxy) is 3. The molecule has 1 amide bonds. The van der Waals surface area contributed by atoms with Gasteiger partial charge in [0.25, 0.3) is 0 Å². The molecule has 10 nitrogen and oxygen atoms in total. The zero-order valence-electron chi connectivity index (χ0n) is 20.5. The van der Waals surface area contributed by atoms with Crippen LogP contribution in [0.1, 0.15) is 22.8 Å². The fraction of sp³-hybridized carbons (Fsp3) is 0.250. The van der Waals surface area contributed by atoms with E-state index in [4.69, 9.17) is 32.7 Å². The van der Waals surface area contributed by atoms with E-state index in [0.717, 1.165) is 6.26 Å². The van der Waals surface area contributed by atoms with Gasteiger partial charge in [0.15, 0.2) is 11.5 Å². The van der Waals surface area contributed by atoms with E-state index in [0.29, 0.717) is 27.1 Å². The predicted octanol–water partition coefficient (Wildman–Crippen LogP) is 4.71. The van der Waals surface area contributed by atoms with Crippen LogP contribution in [0.4, 0.5) is 19.3 Å². The summed E-state index contributed by atoms with van der Waals surface area (Å²) in [5.41, 5.74) is 1.72. The van der Waals surface area contributed by atoms with Crippen LogP contribution in [0.25, 0.3) is 0 Å². The van der Waals surface area contributed by atoms with Crippen molar-refractivity contribution in [3.05, 3.63) is 81.6 Å². The number of alkyl halides is 2. The largest absolute Gasteiger partial charge is 0.493 e. The van der Waals surface area contributed by atoms with E-state index < -0.39 is 28.8 Å². The monoisotopic (exact) mass is 606 g/mol. The molecule has 15 heteroatoms. The minimum atomic E-state index is -3.43. The molecule has 0 unspecified atom stereocenters. The summed E-state index contributed by atoms with van der Waals surface area (Å²) in [7, 11) is -2.17. The number of hydrogen-bond acceptors (Lipinski definition) is 7. The molecule has 0 spiro atoms. The molecule has 39 heavy (non-hydrogen) atoms. The van der Waals surface area contributed by atoms with Crippen molar-refractivity contribution in [3.8, 4) is 11.5 Å². The Balaban J connectivity index is 1.81. The van der Waals surface area contributed by atoms with E-state index in [1.807, 2.05) is 0 Å². The Labute approximate surface area is 233 Å². The van der Waals surface area contributed by atoms with Crippen LogP contribution >= 0.6 is 23.2 Å². The van der Waals surface area contributed by atoms with Gasteiger partial charge < -0.3 is 19.5 Å². The molecule has 0 aliphatic rings. The van der Waals surface area contributed by atoms with Crippen LogP contribution in [-0.2, 0) is 27.7 Å². The number of rotatable bonds is 11. The molecule has 1 aromatic heterocycles. The number of sulfonamides is 1. The molecule has 0 aliphatic heterocycles. The number of benzene rings is 2. The van der Waals surface area contributed by atoms with Gasteiger partial charge in [0.05, 0.1) is 13.4 Å². The molecule has 210 valence electrons. The molecule has 0 aliphatic carbocycles. The van der Waals surface area contributed by atoms with Gasteiger partial charge in [0, 0.05) is 28.9 Å². The number of halogens is 4. The third kappa shape index (κ3) is 9.01. The first kappa shape index (κ1) is 30.0. The van der Waals surface area contributed by atoms with Crippen molar-refractivity contribution in [3.63, 3.8) is 0 Å². The first-order valence-electron chi connectivity index (χ1n) is 11.1. The molecule has 0 saturated heterocycles. The number of alkyl carbamates (subject to hydrolysis) is 1. The number of carbonyl (C=O) groups excluding carboxylic acids is 1. The van der Waals surface area contributed by atoms with E-state index in [-0.39, 0.29) is 34.5 Å². The first-order valence-corrected chi connectivity index (χ1v) is 13.7. The lowest BCUT2D eigenvalue weighted by atomic mass is 10.0. The third-order valence-corrected chi connectivity index (χ3v) is 6.43. The van der Waals surface area contributed by atoms with Crippen molar-refractivity contribution in [1.82, 2.24) is 5.32 Å². The van der Waals surface area contributed by atoms with Crippen LogP contribution in [-0.4, -0.2) is 39.7 Å². The van der Waals surface area contributed by atoms with Gasteiger partial charge in [-0.05, 0) is 35.4 Å². The molecule has 1 heterocycles. The minimum Gasteiger partial charge on any atom is -0.493 e. The summed E-state index contributed by atoms with van der Waals surface area (Å²) in [4.78, 5) is 12.7. The molecule has 0 fully saturated rings. The maximum atomic E-state index is 12.8. The first-order chi connectivity index (χ1) is 18.3. The van der Waals surface area contributed by atoms with Crippen LogP contribution in [0, 0.1) is 0 Å². The summed E-state index contributed by atoms with van der Waals surface area (Å²) in [6.07, 6.45) is 1.53. The van der Waals surface area contributed by atoms with Crippen LogP contribution in [0.15, 0.2) is 54.9 Å². The molecule has 1 atom stereocenters. The average Bonchev–Trinajstić information content (AvgIpc) is 2.84. The third-order valence-electron chi connectivity index (χ3n) is 5.18. The molecule has 3 N–H and O–H groups in total. The lowest BCUT2D eigenvalue weighted by Crippen LogP contribution is -2.30. The highest BCUT2D eigenvalue weighted by molar-refractivity contribution is 7.92. The second kappa shape index (κ2) is 13.0. The van der Waals surface area contributed by atoms with E-state index in [2.05, 4.69) is 14.8 Å². The van der Waals surface area contributed by atoms with Crippen molar-refractivity contribution in [2.24, 2.45) is 0 Å². The quantitative estimate of drug-likeness (QED) is 0.213. The Morgan fingerprint density at radius 1 is 1.08 bits per heavy atom. The number of carbonyl (C=O) groups is 1. The van der Waals surface area contributed by atoms with Gasteiger partial charge in [-0.25, -0.2) is 13.2 Å². The molecule has 3 rings (SSSR count). The number of pyridine rings is 1. The normalized spacial score (nSPS) is 12.1. The Morgan fingerprint density at radius 2 is 1.72 bits per heavy atom. The Bertz CT molecular complexity index is 1400. The summed E-state index contributed by atoms with van der Waals surface area (Å²) in [6, 6.07) is 10.3. The van der Waals surface area contributed by atoms with Gasteiger partial charge in [-0.2, -0.15) is 8.78 Å². The van der Waals surface area contributed by atoms with Crippen molar-refractivity contribution in [1.29, 1.82) is 0 Å². The van der Waals surface area contributed by atoms with Gasteiger partial charge in [-0.1, -0.05) is 41.4 Å². The Morgan fingerprint density at radius 3 is 2.28 bits per heavy atom. The molecule has 0 bridgehead atoms. The summed E-state index contributed by atoms with van der Waals surface area (Å²) in [5, 5.41) is 12.4. The maximum absolute atomic E-state index is 12.8. The fourth-order valence-corrected chi connectivity index (χ4v) is 4.65. The van der Waals surface area contributed by atoms with Gasteiger partial charge in [0.1, 0.15) is 16.1 Å². The summed E-state index contributed by atoms with van der Waals surface area (Å²) in [5.74, 6) is -0.242. The smallest absolute Gasteiger partial charge is 0.408 e. The molecule has 0 radical (unpaired) electrons. The van der Waals surface area contributed by atoms with Crippen molar-refractivity contribution < 1.29 is 46.1 Å². The highest BCUT2D eigenvalue weighted by Crippen LogP contribution is 2.35. The maximum Gasteiger partial charge on any atom is 0.408 e. The lowest BCUT2D eigenvalue weighted by Gasteiger charge is -2.21. The molecular weight excluding hydrogens is 583 g/mol. The van der Waals surface area contributed by atoms with E-state index in [1.165, 1.54) is 49.8 Å². The number of nitrogens with zero attached hydrogens (tertiary/aromatic N) is 1. The van der Waals surface area contributed by atoms with Crippen molar-refractivity contribution in [2.75, 3.05) is 18.1 Å². The van der Waals surface area contributed by atoms with Crippen molar-refractivity contribution in [2.45, 2.75) is 25.7 Å². The van der Waals surface area contributed by atoms with Crippen molar-refractivity contribution >= 4 is 45.0 Å². The zero-order valence-corrected chi connectivity index (χ0v) is 22.9. The molecule has 2 aromatic carbocycles. The number of nitrogens with one attached hydrogen (secondary N) is 2. The summed E-state index contributed by atoms with van der Waals surface area (Å²) >= 11 is 12.5. The van der Waals surface area contributed by atoms with E-state index in [1.54, 1.807) is 12.1 Å². The summed E-state index contributed by atoms with van der Waals surface area (Å²) < 4.78 is 66.5.